The molecule has 1 atom stereocenters. The lowest BCUT2D eigenvalue weighted by Crippen LogP contribution is -2.29. The zero-order valence-electron chi connectivity index (χ0n) is 20.5. The Balaban J connectivity index is 1.63. The Bertz CT molecular complexity index is 1760. The van der Waals surface area contributed by atoms with E-state index in [-0.39, 0.29) is 22.8 Å². The van der Waals surface area contributed by atoms with Gasteiger partial charge in [0, 0.05) is 28.0 Å². The standard InChI is InChI=1S/C31H24N2O5/c1-2-38-26-16-19(14-15-25(26)34)28-27(29(35)22-17-32-23-12-6-5-11-21(22)23)30(36)31(37)33(28)24-13-7-9-18-8-3-4-10-20(18)24/h3-17,28,32,34-35H,2H2,1H3/b29-27-. The number of nitrogens with one attached hydrogen (secondary N) is 1. The lowest BCUT2D eigenvalue weighted by atomic mass is 9.94. The second-order valence-corrected chi connectivity index (χ2v) is 9.08. The van der Waals surface area contributed by atoms with Crippen LogP contribution in [0.5, 0.6) is 11.5 Å². The zero-order valence-corrected chi connectivity index (χ0v) is 20.5. The molecule has 3 N–H and O–H groups in total. The minimum absolute atomic E-state index is 0.0409. The number of nitrogens with zero attached hydrogens (tertiary/aromatic N) is 1. The van der Waals surface area contributed by atoms with Crippen molar-refractivity contribution < 1.29 is 24.5 Å². The number of aromatic nitrogens is 1. The van der Waals surface area contributed by atoms with Crippen molar-refractivity contribution in [3.8, 4) is 11.5 Å². The predicted molar refractivity (Wildman–Crippen MR) is 146 cm³/mol. The monoisotopic (exact) mass is 504 g/mol. The molecule has 6 rings (SSSR count). The van der Waals surface area contributed by atoms with E-state index in [2.05, 4.69) is 4.98 Å². The number of hydrogen-bond acceptors (Lipinski definition) is 5. The zero-order chi connectivity index (χ0) is 26.4. The summed E-state index contributed by atoms with van der Waals surface area (Å²) in [5.74, 6) is -1.66. The highest BCUT2D eigenvalue weighted by Crippen LogP contribution is 2.46. The fraction of sp³-hybridized carbons (Fsp3) is 0.0968. The number of ether oxygens (including phenoxy) is 1. The van der Waals surface area contributed by atoms with Gasteiger partial charge in [0.2, 0.25) is 0 Å². The molecule has 1 fully saturated rings. The van der Waals surface area contributed by atoms with Gasteiger partial charge < -0.3 is 19.9 Å². The molecule has 1 amide bonds. The molecule has 7 heteroatoms. The largest absolute Gasteiger partial charge is 0.507 e. The molecule has 5 aromatic rings. The van der Waals surface area contributed by atoms with Gasteiger partial charge in [-0.1, -0.05) is 60.7 Å². The van der Waals surface area contributed by atoms with E-state index in [0.717, 1.165) is 21.7 Å². The molecule has 0 spiro atoms. The van der Waals surface area contributed by atoms with Crippen LogP contribution in [-0.4, -0.2) is 33.5 Å². The summed E-state index contributed by atoms with van der Waals surface area (Å²) in [7, 11) is 0. The summed E-state index contributed by atoms with van der Waals surface area (Å²) in [6.07, 6.45) is 1.63. The number of phenols is 1. The van der Waals surface area contributed by atoms with Crippen molar-refractivity contribution in [2.45, 2.75) is 13.0 Å². The third-order valence-electron chi connectivity index (χ3n) is 6.91. The number of phenolic OH excluding ortho intramolecular Hbond substituents is 1. The molecule has 1 aromatic heterocycles. The molecule has 2 heterocycles. The molecule has 4 aromatic carbocycles. The summed E-state index contributed by atoms with van der Waals surface area (Å²) in [4.78, 5) is 31.9. The fourth-order valence-electron chi connectivity index (χ4n) is 5.20. The van der Waals surface area contributed by atoms with Gasteiger partial charge in [0.1, 0.15) is 5.76 Å². The average molecular weight is 505 g/mol. The second-order valence-electron chi connectivity index (χ2n) is 9.08. The summed E-state index contributed by atoms with van der Waals surface area (Å²) < 4.78 is 5.61. The summed E-state index contributed by atoms with van der Waals surface area (Å²) in [6, 6.07) is 24.3. The van der Waals surface area contributed by atoms with Gasteiger partial charge in [0.05, 0.1) is 23.9 Å². The highest BCUT2D eigenvalue weighted by atomic mass is 16.5. The number of rotatable bonds is 5. The molecule has 188 valence electrons. The van der Waals surface area contributed by atoms with Crippen molar-refractivity contribution in [3.63, 3.8) is 0 Å². The molecule has 0 aliphatic carbocycles. The van der Waals surface area contributed by atoms with Crippen LogP contribution < -0.4 is 9.64 Å². The highest BCUT2D eigenvalue weighted by molar-refractivity contribution is 6.52. The predicted octanol–water partition coefficient (Wildman–Crippen LogP) is 6.05. The second kappa shape index (κ2) is 9.12. The highest BCUT2D eigenvalue weighted by Gasteiger charge is 2.47. The number of H-pyrrole nitrogens is 1. The molecule has 1 aliphatic rings. The van der Waals surface area contributed by atoms with Gasteiger partial charge in [-0.05, 0) is 42.1 Å². The molecule has 1 saturated heterocycles. The van der Waals surface area contributed by atoms with Crippen LogP contribution >= 0.6 is 0 Å². The molecular weight excluding hydrogens is 480 g/mol. The Morgan fingerprint density at radius 2 is 1.68 bits per heavy atom. The molecule has 0 saturated carbocycles. The Kier molecular flexibility index (Phi) is 5.61. The van der Waals surface area contributed by atoms with Crippen LogP contribution in [0.2, 0.25) is 0 Å². The van der Waals surface area contributed by atoms with E-state index in [1.807, 2.05) is 60.7 Å². The van der Waals surface area contributed by atoms with Gasteiger partial charge >= 0.3 is 0 Å². The van der Waals surface area contributed by atoms with Crippen LogP contribution in [0.25, 0.3) is 27.4 Å². The lowest BCUT2D eigenvalue weighted by molar-refractivity contribution is -0.132. The van der Waals surface area contributed by atoms with Crippen molar-refractivity contribution in [1.82, 2.24) is 4.98 Å². The van der Waals surface area contributed by atoms with Gasteiger partial charge in [-0.3, -0.25) is 14.5 Å². The number of fused-ring (bicyclic) bond motifs is 2. The quantitative estimate of drug-likeness (QED) is 0.154. The SMILES string of the molecule is CCOc1cc(C2/C(=C(/O)c3c[nH]c4ccccc34)C(=O)C(=O)N2c2cccc3ccccc23)ccc1O. The van der Waals surface area contributed by atoms with Crippen LogP contribution in [0, 0.1) is 0 Å². The normalized spacial score (nSPS) is 17.0. The number of aliphatic hydroxyl groups excluding tert-OH is 1. The van der Waals surface area contributed by atoms with Crippen molar-refractivity contribution in [3.05, 3.63) is 108 Å². The number of hydrogen-bond donors (Lipinski definition) is 3. The van der Waals surface area contributed by atoms with Gasteiger partial charge in [-0.2, -0.15) is 0 Å². The Hall–Kier alpha value is -5.04. The summed E-state index contributed by atoms with van der Waals surface area (Å²) >= 11 is 0. The number of anilines is 1. The molecule has 38 heavy (non-hydrogen) atoms. The Labute approximate surface area is 218 Å². The molecule has 7 nitrogen and oxygen atoms in total. The molecule has 1 aliphatic heterocycles. The van der Waals surface area contributed by atoms with Gasteiger partial charge in [0.15, 0.2) is 11.5 Å². The number of aromatic amines is 1. The minimum Gasteiger partial charge on any atom is -0.507 e. The van der Waals surface area contributed by atoms with Crippen LogP contribution in [0.4, 0.5) is 5.69 Å². The fourth-order valence-corrected chi connectivity index (χ4v) is 5.20. The maximum atomic E-state index is 13.7. The third-order valence-corrected chi connectivity index (χ3v) is 6.91. The van der Waals surface area contributed by atoms with E-state index in [4.69, 9.17) is 4.74 Å². The Morgan fingerprint density at radius 1 is 0.947 bits per heavy atom. The molecule has 1 unspecified atom stereocenters. The van der Waals surface area contributed by atoms with E-state index in [0.29, 0.717) is 23.4 Å². The summed E-state index contributed by atoms with van der Waals surface area (Å²) in [5.41, 5.74) is 2.22. The third kappa shape index (κ3) is 3.59. The van der Waals surface area contributed by atoms with E-state index >= 15 is 0 Å². The number of carbonyl (C=O) groups is 2. The van der Waals surface area contributed by atoms with Gasteiger partial charge in [-0.25, -0.2) is 0 Å². The van der Waals surface area contributed by atoms with Crippen molar-refractivity contribution in [1.29, 1.82) is 0 Å². The topological polar surface area (TPSA) is 103 Å². The van der Waals surface area contributed by atoms with E-state index in [1.165, 1.54) is 11.0 Å². The number of carbonyl (C=O) groups excluding carboxylic acids is 2. The first kappa shape index (κ1) is 23.4. The number of Topliss-reactive ketones (excluding diaryl/α,β-unsaturated/α-hetero) is 1. The maximum Gasteiger partial charge on any atom is 0.300 e. The van der Waals surface area contributed by atoms with Crippen LogP contribution in [0.15, 0.2) is 96.7 Å². The van der Waals surface area contributed by atoms with Crippen LogP contribution in [0.3, 0.4) is 0 Å². The van der Waals surface area contributed by atoms with Crippen molar-refractivity contribution in [2.24, 2.45) is 0 Å². The van der Waals surface area contributed by atoms with Crippen LogP contribution in [-0.2, 0) is 9.59 Å². The van der Waals surface area contributed by atoms with Crippen LogP contribution in [0.1, 0.15) is 24.1 Å². The lowest BCUT2D eigenvalue weighted by Gasteiger charge is -2.27. The first-order valence-corrected chi connectivity index (χ1v) is 12.3. The molecule has 0 radical (unpaired) electrons. The number of para-hydroxylation sites is 1. The van der Waals surface area contributed by atoms with E-state index < -0.39 is 17.7 Å². The number of aromatic hydroxyl groups is 1. The van der Waals surface area contributed by atoms with Gasteiger partial charge in [0.25, 0.3) is 11.7 Å². The number of ketones is 1. The maximum absolute atomic E-state index is 13.7. The van der Waals surface area contributed by atoms with Gasteiger partial charge in [-0.15, -0.1) is 0 Å². The summed E-state index contributed by atoms with van der Waals surface area (Å²) in [5, 5.41) is 24.4. The van der Waals surface area contributed by atoms with Crippen molar-refractivity contribution in [2.75, 3.05) is 11.5 Å². The molecule has 0 bridgehead atoms. The van der Waals surface area contributed by atoms with E-state index in [1.54, 1.807) is 31.3 Å². The number of benzene rings is 4. The number of amides is 1. The first-order valence-electron chi connectivity index (χ1n) is 12.3. The Morgan fingerprint density at radius 3 is 2.50 bits per heavy atom. The average Bonchev–Trinajstić information content (AvgIpc) is 3.48. The summed E-state index contributed by atoms with van der Waals surface area (Å²) in [6.45, 7) is 2.11. The smallest absolute Gasteiger partial charge is 0.300 e. The first-order chi connectivity index (χ1) is 18.5. The number of aliphatic hydroxyl groups is 1. The minimum atomic E-state index is -0.964. The molecular formula is C31H24N2O5. The van der Waals surface area contributed by atoms with Crippen molar-refractivity contribution >= 4 is 44.8 Å². The van der Waals surface area contributed by atoms with E-state index in [9.17, 15) is 19.8 Å².